The van der Waals surface area contributed by atoms with Gasteiger partial charge in [-0.2, -0.15) is 13.2 Å². The summed E-state index contributed by atoms with van der Waals surface area (Å²) in [5.41, 5.74) is 0.0378. The predicted octanol–water partition coefficient (Wildman–Crippen LogP) is 8.28. The summed E-state index contributed by atoms with van der Waals surface area (Å²) >= 11 is 0. The van der Waals surface area contributed by atoms with Gasteiger partial charge in [0.1, 0.15) is 34.5 Å². The molecule has 0 amide bonds. The van der Waals surface area contributed by atoms with Gasteiger partial charge in [0.15, 0.2) is 10.0 Å². The molecule has 0 spiro atoms. The van der Waals surface area contributed by atoms with E-state index in [-0.39, 0.29) is 5.97 Å². The zero-order valence-corrected chi connectivity index (χ0v) is 32.2. The van der Waals surface area contributed by atoms with Gasteiger partial charge in [0, 0.05) is 52.3 Å². The summed E-state index contributed by atoms with van der Waals surface area (Å²) in [6.45, 7) is 17.8. The summed E-state index contributed by atoms with van der Waals surface area (Å²) in [5.74, 6) is 0.483. The summed E-state index contributed by atoms with van der Waals surface area (Å²) in [4.78, 5) is 14.5. The van der Waals surface area contributed by atoms with Crippen LogP contribution in [0.4, 0.5) is 18.9 Å². The number of benzene rings is 4. The molecule has 0 unspecified atom stereocenters. The number of esters is 1. The number of halogens is 3. The SMILES string of the molecule is C=Cc1ccc(S(=O)(=O)[N-]S(=O)(=O)C(F)(F)F)cc1.CCOC(=O)c1ccccc1-c1c2ccc(=[N+](CC)CC)cc-2oc2cc(N(CC)CC)ccc12. The maximum Gasteiger partial charge on any atom is 0.480 e. The van der Waals surface area contributed by atoms with Crippen LogP contribution in [0.3, 0.4) is 0 Å². The number of fused-ring (bicyclic) bond motifs is 2. The van der Waals surface area contributed by atoms with E-state index >= 15 is 0 Å². The highest BCUT2D eigenvalue weighted by Crippen LogP contribution is 2.42. The number of hydrogen-bond donors (Lipinski definition) is 0. The van der Waals surface area contributed by atoms with Gasteiger partial charge in [-0.05, 0) is 82.1 Å². The number of carbonyl (C=O) groups is 1. The Morgan fingerprint density at radius 3 is 2.09 bits per heavy atom. The van der Waals surface area contributed by atoms with Gasteiger partial charge in [0.05, 0.1) is 18.2 Å². The second-order valence-electron chi connectivity index (χ2n) is 11.7. The molecular weight excluding hydrogens is 744 g/mol. The standard InChI is InChI=1S/C30H35N2O3.C9H7F3NO4S2/c1-6-31(7-2)21-15-17-25-27(19-21)35-28-20-22(32(8-3)9-4)16-18-26(28)29(25)23-13-11-12-14-24(23)30(33)34-10-5;1-2-7-3-5-8(6-4-7)18(14,15)13-19(16,17)9(10,11)12/h11-20H,6-10H2,1-5H3;2-6H,1H2/q+1;-1. The first-order valence-corrected chi connectivity index (χ1v) is 20.1. The van der Waals surface area contributed by atoms with Crippen LogP contribution < -0.4 is 14.8 Å². The van der Waals surface area contributed by atoms with Crippen molar-refractivity contribution in [3.8, 4) is 22.5 Å². The molecule has 288 valence electrons. The van der Waals surface area contributed by atoms with E-state index in [9.17, 15) is 34.8 Å². The van der Waals surface area contributed by atoms with Gasteiger partial charge in [-0.3, -0.25) is 0 Å². The van der Waals surface area contributed by atoms with Crippen molar-refractivity contribution in [3.05, 3.63) is 112 Å². The van der Waals surface area contributed by atoms with Crippen LogP contribution in [0.1, 0.15) is 50.5 Å². The molecule has 0 bridgehead atoms. The summed E-state index contributed by atoms with van der Waals surface area (Å²) < 4.78 is 96.5. The summed E-state index contributed by atoms with van der Waals surface area (Å²) in [5, 5.41) is 2.09. The lowest BCUT2D eigenvalue weighted by atomic mass is 9.90. The molecule has 0 atom stereocenters. The summed E-state index contributed by atoms with van der Waals surface area (Å²) in [6.07, 6.45) is 1.37. The average Bonchev–Trinajstić information content (AvgIpc) is 3.14. The number of hydrogen-bond acceptors (Lipinski definition) is 8. The zero-order chi connectivity index (χ0) is 39.8. The van der Waals surface area contributed by atoms with E-state index in [2.05, 4.69) is 80.1 Å². The lowest BCUT2D eigenvalue weighted by Gasteiger charge is -2.22. The van der Waals surface area contributed by atoms with Gasteiger partial charge in [-0.25, -0.2) is 26.2 Å². The predicted molar refractivity (Wildman–Crippen MR) is 206 cm³/mol. The number of alkyl halides is 3. The van der Waals surface area contributed by atoms with Crippen LogP contribution in [0, 0.1) is 0 Å². The molecule has 15 heteroatoms. The fourth-order valence-electron chi connectivity index (χ4n) is 5.81. The van der Waals surface area contributed by atoms with Crippen molar-refractivity contribution in [1.82, 2.24) is 4.58 Å². The van der Waals surface area contributed by atoms with Gasteiger partial charge < -0.3 is 18.2 Å². The van der Waals surface area contributed by atoms with Crippen molar-refractivity contribution in [1.29, 1.82) is 0 Å². The highest BCUT2D eigenvalue weighted by atomic mass is 32.3. The van der Waals surface area contributed by atoms with E-state index in [0.717, 1.165) is 82.8 Å². The molecule has 2 aliphatic rings. The van der Waals surface area contributed by atoms with Crippen molar-refractivity contribution in [2.45, 2.75) is 45.0 Å². The molecule has 3 aromatic carbocycles. The van der Waals surface area contributed by atoms with Crippen molar-refractivity contribution < 1.29 is 44.0 Å². The minimum Gasteiger partial charge on any atom is -0.462 e. The monoisotopic (exact) mass is 785 g/mol. The maximum atomic E-state index is 12.9. The first kappa shape index (κ1) is 41.8. The molecule has 0 N–H and O–H groups in total. The van der Waals surface area contributed by atoms with Crippen LogP contribution in [0.5, 0.6) is 0 Å². The molecule has 0 fully saturated rings. The van der Waals surface area contributed by atoms with E-state index in [0.29, 0.717) is 17.7 Å². The van der Waals surface area contributed by atoms with Crippen molar-refractivity contribution in [3.63, 3.8) is 0 Å². The Balaban J connectivity index is 0.000000290. The van der Waals surface area contributed by atoms with Crippen molar-refractivity contribution >= 4 is 48.7 Å². The van der Waals surface area contributed by atoms with Crippen LogP contribution in [-0.2, 0) is 24.8 Å². The zero-order valence-electron chi connectivity index (χ0n) is 30.6. The topological polar surface area (TPSA) is 128 Å². The quantitative estimate of drug-likeness (QED) is 0.0703. The molecule has 0 saturated carbocycles. The summed E-state index contributed by atoms with van der Waals surface area (Å²) in [7, 11) is -11.0. The van der Waals surface area contributed by atoms with E-state index in [1.54, 1.807) is 0 Å². The molecular formula is C39H42F3N3O7S2. The van der Waals surface area contributed by atoms with E-state index in [1.165, 1.54) is 18.2 Å². The van der Waals surface area contributed by atoms with Gasteiger partial charge in [-0.1, -0.05) is 43.0 Å². The van der Waals surface area contributed by atoms with Crippen LogP contribution in [-0.4, -0.2) is 61.1 Å². The third-order valence-electron chi connectivity index (χ3n) is 8.54. The Morgan fingerprint density at radius 1 is 0.870 bits per heavy atom. The van der Waals surface area contributed by atoms with Gasteiger partial charge in [0.2, 0.25) is 5.36 Å². The Labute approximate surface area is 313 Å². The molecule has 5 rings (SSSR count). The molecule has 1 heterocycles. The van der Waals surface area contributed by atoms with Crippen LogP contribution in [0.15, 0.2) is 101 Å². The number of anilines is 1. The smallest absolute Gasteiger partial charge is 0.462 e. The number of ether oxygens (including phenoxy) is 1. The molecule has 3 aromatic rings. The fraction of sp³-hybridized carbons (Fsp3) is 0.282. The first-order chi connectivity index (χ1) is 25.5. The Bertz CT molecular complexity index is 2380. The number of sulfonamides is 2. The largest absolute Gasteiger partial charge is 0.480 e. The van der Waals surface area contributed by atoms with Crippen LogP contribution in [0.2, 0.25) is 0 Å². The highest BCUT2D eigenvalue weighted by Gasteiger charge is 2.40. The van der Waals surface area contributed by atoms with E-state index in [1.807, 2.05) is 35.3 Å². The van der Waals surface area contributed by atoms with Gasteiger partial charge in [-0.15, -0.1) is 0 Å². The van der Waals surface area contributed by atoms with Crippen molar-refractivity contribution in [2.24, 2.45) is 0 Å². The Hall–Kier alpha value is -4.99. The fourth-order valence-corrected chi connectivity index (χ4v) is 8.00. The molecule has 54 heavy (non-hydrogen) atoms. The number of nitrogens with zero attached hydrogens (tertiary/aromatic N) is 3. The summed E-state index contributed by atoms with van der Waals surface area (Å²) in [6, 6.07) is 24.8. The van der Waals surface area contributed by atoms with Crippen LogP contribution >= 0.6 is 0 Å². The maximum absolute atomic E-state index is 12.9. The lowest BCUT2D eigenvalue weighted by Crippen LogP contribution is -2.29. The third-order valence-corrected chi connectivity index (χ3v) is 11.6. The van der Waals surface area contributed by atoms with Crippen molar-refractivity contribution in [2.75, 3.05) is 37.7 Å². The normalized spacial score (nSPS) is 11.9. The van der Waals surface area contributed by atoms with Crippen LogP contribution in [0.25, 0.3) is 43.6 Å². The number of carbonyl (C=O) groups excluding carboxylic acids is 1. The van der Waals surface area contributed by atoms with E-state index < -0.39 is 30.5 Å². The molecule has 10 nitrogen and oxygen atoms in total. The number of rotatable bonds is 12. The van der Waals surface area contributed by atoms with Gasteiger partial charge in [0.25, 0.3) is 0 Å². The Kier molecular flexibility index (Phi) is 13.5. The van der Waals surface area contributed by atoms with E-state index in [4.69, 9.17) is 9.15 Å². The average molecular weight is 786 g/mol. The second kappa shape index (κ2) is 17.4. The minimum atomic E-state index is -6.10. The Morgan fingerprint density at radius 2 is 1.52 bits per heavy atom. The minimum absolute atomic E-state index is 0.315. The molecule has 0 radical (unpaired) electrons. The molecule has 1 aliphatic carbocycles. The highest BCUT2D eigenvalue weighted by molar-refractivity contribution is 8.12. The molecule has 1 aliphatic heterocycles. The first-order valence-electron chi connectivity index (χ1n) is 17.2. The lowest BCUT2D eigenvalue weighted by molar-refractivity contribution is -0.0425. The van der Waals surface area contributed by atoms with Gasteiger partial charge >= 0.3 is 11.5 Å². The second-order valence-corrected chi connectivity index (χ2v) is 15.1. The third kappa shape index (κ3) is 9.20. The molecule has 0 saturated heterocycles. The molecule has 0 aromatic heterocycles.